The van der Waals surface area contributed by atoms with Crippen LogP contribution >= 0.6 is 0 Å². The predicted octanol–water partition coefficient (Wildman–Crippen LogP) is 1.69. The second-order valence-corrected chi connectivity index (χ2v) is 1.42. The summed E-state index contributed by atoms with van der Waals surface area (Å²) in [7, 11) is 0. The topological polar surface area (TPSA) is 21.6 Å². The molecule has 2 heteroatoms. The molecule has 0 rings (SSSR count). The molecule has 0 bridgehead atoms. The van der Waals surface area contributed by atoms with Crippen molar-refractivity contribution in [1.29, 1.82) is 0 Å². The predicted molar refractivity (Wildman–Crippen MR) is 34.0 cm³/mol. The fourth-order valence-electron chi connectivity index (χ4n) is 0.268. The van der Waals surface area contributed by atoms with Crippen LogP contribution in [0.15, 0.2) is 5.16 Å². The molecule has 0 saturated heterocycles. The summed E-state index contributed by atoms with van der Waals surface area (Å²) < 4.78 is 0. The van der Waals surface area contributed by atoms with E-state index in [-0.39, 0.29) is 0 Å². The van der Waals surface area contributed by atoms with Crippen molar-refractivity contribution in [3.8, 4) is 0 Å². The number of rotatable bonds is 4. The Bertz CT molecular complexity index is 53.5. The summed E-state index contributed by atoms with van der Waals surface area (Å²) in [4.78, 5) is 4.65. The van der Waals surface area contributed by atoms with Crippen LogP contribution in [0.2, 0.25) is 0 Å². The molecule has 0 aromatic rings. The van der Waals surface area contributed by atoms with Crippen molar-refractivity contribution in [2.75, 3.05) is 6.61 Å². The Balaban J connectivity index is 2.83. The maximum absolute atomic E-state index is 4.65. The van der Waals surface area contributed by atoms with Crippen LogP contribution in [0.1, 0.15) is 26.7 Å². The summed E-state index contributed by atoms with van der Waals surface area (Å²) in [5, 5.41) is 3.53. The molecular weight excluding hydrogens is 102 g/mol. The summed E-state index contributed by atoms with van der Waals surface area (Å²) >= 11 is 0. The first-order chi connectivity index (χ1) is 3.91. The number of hydrogen-bond acceptors (Lipinski definition) is 2. The van der Waals surface area contributed by atoms with E-state index in [2.05, 4.69) is 23.1 Å². The summed E-state index contributed by atoms with van der Waals surface area (Å²) in [6.07, 6.45) is 4.71. The van der Waals surface area contributed by atoms with E-state index in [9.17, 15) is 0 Å². The Hall–Kier alpha value is -0.530. The molecule has 47 valence electrons. The van der Waals surface area contributed by atoms with E-state index in [1.165, 1.54) is 0 Å². The summed E-state index contributed by atoms with van der Waals surface area (Å²) in [5.41, 5.74) is 0. The zero-order valence-corrected chi connectivity index (χ0v) is 5.48. The SMILES string of the molecule is CCC[C]=NOCC. The normalized spacial score (nSPS) is 10.2. The molecule has 8 heavy (non-hydrogen) atoms. The van der Waals surface area contributed by atoms with Gasteiger partial charge in [0.2, 0.25) is 0 Å². The van der Waals surface area contributed by atoms with E-state index < -0.39 is 0 Å². The maximum Gasteiger partial charge on any atom is 0.114 e. The number of unbranched alkanes of at least 4 members (excludes halogenated alkanes) is 1. The van der Waals surface area contributed by atoms with Gasteiger partial charge in [-0.25, -0.2) is 0 Å². The van der Waals surface area contributed by atoms with Crippen LogP contribution in [0.5, 0.6) is 0 Å². The summed E-state index contributed by atoms with van der Waals surface area (Å²) in [6, 6.07) is 0. The fraction of sp³-hybridized carbons (Fsp3) is 0.833. The highest BCUT2D eigenvalue weighted by atomic mass is 16.6. The van der Waals surface area contributed by atoms with Crippen molar-refractivity contribution in [3.63, 3.8) is 0 Å². The van der Waals surface area contributed by atoms with E-state index in [0.717, 1.165) is 12.8 Å². The zero-order valence-electron chi connectivity index (χ0n) is 5.48. The molecule has 0 aliphatic carbocycles. The van der Waals surface area contributed by atoms with Crippen molar-refractivity contribution in [3.05, 3.63) is 0 Å². The van der Waals surface area contributed by atoms with Crippen LogP contribution in [-0.4, -0.2) is 12.8 Å². The molecule has 0 aliphatic heterocycles. The van der Waals surface area contributed by atoms with Crippen LogP contribution in [0.3, 0.4) is 0 Å². The van der Waals surface area contributed by atoms with Crippen LogP contribution < -0.4 is 0 Å². The molecule has 0 saturated carbocycles. The standard InChI is InChI=1S/C6H12NO/c1-3-5-6-7-8-4-2/h3-5H2,1-2H3. The molecule has 0 aromatic heterocycles. The first-order valence-corrected chi connectivity index (χ1v) is 2.96. The fourth-order valence-corrected chi connectivity index (χ4v) is 0.268. The van der Waals surface area contributed by atoms with E-state index in [4.69, 9.17) is 0 Å². The molecule has 0 aromatic carbocycles. The highest BCUT2D eigenvalue weighted by Gasteiger charge is 1.73. The molecule has 0 spiro atoms. The maximum atomic E-state index is 4.65. The average Bonchev–Trinajstić information content (AvgIpc) is 1.81. The van der Waals surface area contributed by atoms with Crippen molar-refractivity contribution >= 4 is 6.21 Å². The molecule has 2 nitrogen and oxygen atoms in total. The first kappa shape index (κ1) is 7.47. The van der Waals surface area contributed by atoms with Gasteiger partial charge in [-0.3, -0.25) is 0 Å². The first-order valence-electron chi connectivity index (χ1n) is 2.96. The average molecular weight is 114 g/mol. The lowest BCUT2D eigenvalue weighted by Crippen LogP contribution is -1.79. The smallest absolute Gasteiger partial charge is 0.114 e. The van der Waals surface area contributed by atoms with Crippen LogP contribution in [0.4, 0.5) is 0 Å². The van der Waals surface area contributed by atoms with Crippen molar-refractivity contribution in [1.82, 2.24) is 0 Å². The third kappa shape index (κ3) is 5.47. The van der Waals surface area contributed by atoms with Gasteiger partial charge in [-0.05, 0) is 13.3 Å². The molecule has 0 unspecified atom stereocenters. The van der Waals surface area contributed by atoms with Crippen LogP contribution in [0, 0.1) is 0 Å². The van der Waals surface area contributed by atoms with Gasteiger partial charge >= 0.3 is 0 Å². The molecular formula is C6H12NO. The number of nitrogens with zero attached hydrogens (tertiary/aromatic N) is 1. The minimum atomic E-state index is 0.636. The van der Waals surface area contributed by atoms with Gasteiger partial charge < -0.3 is 4.84 Å². The second-order valence-electron chi connectivity index (χ2n) is 1.42. The lowest BCUT2D eigenvalue weighted by Gasteiger charge is -1.87. The van der Waals surface area contributed by atoms with Crippen molar-refractivity contribution < 1.29 is 4.84 Å². The van der Waals surface area contributed by atoms with Crippen LogP contribution in [-0.2, 0) is 4.84 Å². The van der Waals surface area contributed by atoms with Gasteiger partial charge in [0.25, 0.3) is 0 Å². The Labute approximate surface area is 50.5 Å². The van der Waals surface area contributed by atoms with E-state index in [0.29, 0.717) is 6.61 Å². The lowest BCUT2D eigenvalue weighted by atomic mass is 10.4. The van der Waals surface area contributed by atoms with Crippen molar-refractivity contribution in [2.45, 2.75) is 26.7 Å². The molecule has 0 amide bonds. The van der Waals surface area contributed by atoms with Crippen molar-refractivity contribution in [2.24, 2.45) is 5.16 Å². The molecule has 0 atom stereocenters. The molecule has 0 fully saturated rings. The monoisotopic (exact) mass is 114 g/mol. The van der Waals surface area contributed by atoms with E-state index in [1.807, 2.05) is 6.92 Å². The highest BCUT2D eigenvalue weighted by Crippen LogP contribution is 1.81. The third-order valence-electron chi connectivity index (χ3n) is 0.620. The molecule has 0 N–H and O–H groups in total. The summed E-state index contributed by atoms with van der Waals surface area (Å²) in [5.74, 6) is 0. The van der Waals surface area contributed by atoms with Gasteiger partial charge in [0.15, 0.2) is 0 Å². The van der Waals surface area contributed by atoms with E-state index in [1.54, 1.807) is 0 Å². The molecule has 1 radical (unpaired) electrons. The Morgan fingerprint density at radius 2 is 2.25 bits per heavy atom. The van der Waals surface area contributed by atoms with Gasteiger partial charge in [0.1, 0.15) is 12.8 Å². The van der Waals surface area contributed by atoms with Gasteiger partial charge in [-0.1, -0.05) is 18.5 Å². The third-order valence-corrected chi connectivity index (χ3v) is 0.620. The molecule has 0 aliphatic rings. The largest absolute Gasteiger partial charge is 0.396 e. The minimum absolute atomic E-state index is 0.636. The van der Waals surface area contributed by atoms with E-state index >= 15 is 0 Å². The quantitative estimate of drug-likeness (QED) is 0.402. The van der Waals surface area contributed by atoms with Gasteiger partial charge in [0, 0.05) is 0 Å². The zero-order chi connectivity index (χ0) is 6.24. The lowest BCUT2D eigenvalue weighted by molar-refractivity contribution is 0.160. The second kappa shape index (κ2) is 6.47. The Morgan fingerprint density at radius 1 is 1.50 bits per heavy atom. The van der Waals surface area contributed by atoms with Gasteiger partial charge in [-0.2, -0.15) is 0 Å². The van der Waals surface area contributed by atoms with Crippen LogP contribution in [0.25, 0.3) is 0 Å². The molecule has 0 heterocycles. The van der Waals surface area contributed by atoms with Gasteiger partial charge in [0.05, 0.1) is 0 Å². The minimum Gasteiger partial charge on any atom is -0.396 e. The highest BCUT2D eigenvalue weighted by molar-refractivity contribution is 5.55. The Morgan fingerprint density at radius 3 is 2.75 bits per heavy atom. The Kier molecular flexibility index (Phi) is 6.04. The van der Waals surface area contributed by atoms with Gasteiger partial charge in [-0.15, -0.1) is 0 Å². The summed E-state index contributed by atoms with van der Waals surface area (Å²) in [6.45, 7) is 4.61. The number of hydrogen-bond donors (Lipinski definition) is 0.